The maximum Gasteiger partial charge on any atom is 0.326 e. The third-order valence-corrected chi connectivity index (χ3v) is 4.46. The number of aromatic hydroxyl groups is 1. The SMILES string of the molecule is CCC(C)C(C(=O)O)n1cc(O)c(=O)cc1CN1CCCC1. The zero-order valence-corrected chi connectivity index (χ0v) is 13.2. The van der Waals surface area contributed by atoms with Gasteiger partial charge in [0.2, 0.25) is 5.43 Å². The fourth-order valence-electron chi connectivity index (χ4n) is 2.99. The van der Waals surface area contributed by atoms with Gasteiger partial charge in [-0.05, 0) is 31.8 Å². The molecule has 6 heteroatoms. The molecule has 2 rings (SSSR count). The minimum absolute atomic E-state index is 0.100. The van der Waals surface area contributed by atoms with Gasteiger partial charge in [-0.25, -0.2) is 4.79 Å². The lowest BCUT2D eigenvalue weighted by atomic mass is 9.98. The van der Waals surface area contributed by atoms with Crippen molar-refractivity contribution in [1.29, 1.82) is 0 Å². The number of pyridine rings is 1. The third-order valence-electron chi connectivity index (χ3n) is 4.46. The molecule has 0 saturated carbocycles. The van der Waals surface area contributed by atoms with Crippen molar-refractivity contribution in [3.63, 3.8) is 0 Å². The fraction of sp³-hybridized carbons (Fsp3) is 0.625. The van der Waals surface area contributed by atoms with Gasteiger partial charge in [0.15, 0.2) is 5.75 Å². The molecule has 22 heavy (non-hydrogen) atoms. The van der Waals surface area contributed by atoms with Gasteiger partial charge >= 0.3 is 5.97 Å². The van der Waals surface area contributed by atoms with E-state index < -0.39 is 23.2 Å². The highest BCUT2D eigenvalue weighted by atomic mass is 16.4. The first-order chi connectivity index (χ1) is 10.4. The Labute approximate surface area is 130 Å². The van der Waals surface area contributed by atoms with Gasteiger partial charge in [-0.1, -0.05) is 20.3 Å². The Bertz CT molecular complexity index is 590. The molecule has 1 saturated heterocycles. The second kappa shape index (κ2) is 6.96. The predicted molar refractivity (Wildman–Crippen MR) is 83.0 cm³/mol. The van der Waals surface area contributed by atoms with Crippen LogP contribution in [0.15, 0.2) is 17.1 Å². The van der Waals surface area contributed by atoms with Crippen molar-refractivity contribution >= 4 is 5.97 Å². The summed E-state index contributed by atoms with van der Waals surface area (Å²) in [7, 11) is 0. The molecule has 1 aliphatic rings. The van der Waals surface area contributed by atoms with E-state index in [0.29, 0.717) is 18.7 Å². The molecule has 2 unspecified atom stereocenters. The molecule has 0 amide bonds. The highest BCUT2D eigenvalue weighted by molar-refractivity contribution is 5.72. The van der Waals surface area contributed by atoms with Gasteiger partial charge < -0.3 is 14.8 Å². The van der Waals surface area contributed by atoms with Crippen molar-refractivity contribution in [3.05, 3.63) is 28.2 Å². The van der Waals surface area contributed by atoms with E-state index in [2.05, 4.69) is 4.90 Å². The molecule has 6 nitrogen and oxygen atoms in total. The summed E-state index contributed by atoms with van der Waals surface area (Å²) < 4.78 is 1.56. The molecule has 0 aromatic carbocycles. The number of aromatic nitrogens is 1. The summed E-state index contributed by atoms with van der Waals surface area (Å²) in [5.74, 6) is -1.45. The summed E-state index contributed by atoms with van der Waals surface area (Å²) in [6.07, 6.45) is 4.22. The second-order valence-electron chi connectivity index (χ2n) is 6.07. The lowest BCUT2D eigenvalue weighted by Gasteiger charge is -2.27. The number of carboxylic acids is 1. The van der Waals surface area contributed by atoms with E-state index in [-0.39, 0.29) is 5.92 Å². The molecule has 1 fully saturated rings. The Morgan fingerprint density at radius 1 is 1.36 bits per heavy atom. The number of rotatable bonds is 6. The Morgan fingerprint density at radius 3 is 2.55 bits per heavy atom. The molecule has 2 N–H and O–H groups in total. The minimum Gasteiger partial charge on any atom is -0.503 e. The van der Waals surface area contributed by atoms with E-state index >= 15 is 0 Å². The number of nitrogens with zero attached hydrogens (tertiary/aromatic N) is 2. The van der Waals surface area contributed by atoms with Crippen molar-refractivity contribution in [2.75, 3.05) is 13.1 Å². The Hall–Kier alpha value is -1.82. The monoisotopic (exact) mass is 308 g/mol. The lowest BCUT2D eigenvalue weighted by Crippen LogP contribution is -2.31. The highest BCUT2D eigenvalue weighted by Crippen LogP contribution is 2.25. The average molecular weight is 308 g/mol. The molecular weight excluding hydrogens is 284 g/mol. The van der Waals surface area contributed by atoms with E-state index in [0.717, 1.165) is 25.9 Å². The summed E-state index contributed by atoms with van der Waals surface area (Å²) in [6, 6.07) is 0.584. The van der Waals surface area contributed by atoms with Crippen LogP contribution in [0.2, 0.25) is 0 Å². The van der Waals surface area contributed by atoms with Crippen LogP contribution in [-0.4, -0.2) is 38.7 Å². The number of carbonyl (C=O) groups is 1. The first-order valence-corrected chi connectivity index (χ1v) is 7.83. The van der Waals surface area contributed by atoms with Gasteiger partial charge in [-0.15, -0.1) is 0 Å². The standard InChI is InChI=1S/C16H24N2O4/c1-3-11(2)15(16(21)22)18-10-14(20)13(19)8-12(18)9-17-6-4-5-7-17/h8,10-11,15,20H,3-7,9H2,1-2H3,(H,21,22). The average Bonchev–Trinajstić information content (AvgIpc) is 2.96. The molecule has 2 atom stereocenters. The molecule has 0 spiro atoms. The van der Waals surface area contributed by atoms with Crippen LogP contribution in [0.1, 0.15) is 44.8 Å². The van der Waals surface area contributed by atoms with Crippen molar-refractivity contribution in [3.8, 4) is 5.75 Å². The van der Waals surface area contributed by atoms with Gasteiger partial charge in [0.05, 0.1) is 6.20 Å². The van der Waals surface area contributed by atoms with Crippen molar-refractivity contribution in [2.24, 2.45) is 5.92 Å². The molecule has 122 valence electrons. The topological polar surface area (TPSA) is 82.8 Å². The number of aliphatic carboxylic acids is 1. The van der Waals surface area contributed by atoms with Gasteiger partial charge in [-0.2, -0.15) is 0 Å². The van der Waals surface area contributed by atoms with Crippen LogP contribution in [-0.2, 0) is 11.3 Å². The summed E-state index contributed by atoms with van der Waals surface area (Å²) >= 11 is 0. The van der Waals surface area contributed by atoms with E-state index in [1.165, 1.54) is 12.3 Å². The van der Waals surface area contributed by atoms with E-state index in [4.69, 9.17) is 0 Å². The van der Waals surface area contributed by atoms with E-state index in [1.54, 1.807) is 4.57 Å². The number of hydrogen-bond donors (Lipinski definition) is 2. The van der Waals surface area contributed by atoms with Gasteiger partial charge in [-0.3, -0.25) is 9.69 Å². The molecule has 1 aromatic heterocycles. The van der Waals surface area contributed by atoms with Crippen molar-refractivity contribution < 1.29 is 15.0 Å². The lowest BCUT2D eigenvalue weighted by molar-refractivity contribution is -0.142. The molecule has 0 radical (unpaired) electrons. The highest BCUT2D eigenvalue weighted by Gasteiger charge is 2.28. The maximum absolute atomic E-state index is 11.8. The van der Waals surface area contributed by atoms with E-state index in [1.807, 2.05) is 13.8 Å². The summed E-state index contributed by atoms with van der Waals surface area (Å²) in [6.45, 7) is 6.25. The van der Waals surface area contributed by atoms with Crippen LogP contribution in [0, 0.1) is 5.92 Å². The van der Waals surface area contributed by atoms with Gasteiger partial charge in [0, 0.05) is 18.3 Å². The first-order valence-electron chi connectivity index (χ1n) is 7.83. The quantitative estimate of drug-likeness (QED) is 0.837. The summed E-state index contributed by atoms with van der Waals surface area (Å²) in [5, 5.41) is 19.3. The minimum atomic E-state index is -0.944. The van der Waals surface area contributed by atoms with Crippen LogP contribution >= 0.6 is 0 Å². The van der Waals surface area contributed by atoms with Crippen LogP contribution < -0.4 is 5.43 Å². The van der Waals surface area contributed by atoms with Crippen LogP contribution in [0.25, 0.3) is 0 Å². The molecular formula is C16H24N2O4. The zero-order chi connectivity index (χ0) is 16.3. The van der Waals surface area contributed by atoms with Crippen LogP contribution in [0.4, 0.5) is 0 Å². The maximum atomic E-state index is 11.8. The van der Waals surface area contributed by atoms with E-state index in [9.17, 15) is 19.8 Å². The number of carboxylic acid groups (broad SMARTS) is 1. The van der Waals surface area contributed by atoms with Crippen LogP contribution in [0.5, 0.6) is 5.75 Å². The molecule has 0 bridgehead atoms. The summed E-state index contributed by atoms with van der Waals surface area (Å²) in [5.41, 5.74) is 0.191. The third kappa shape index (κ3) is 3.50. The smallest absolute Gasteiger partial charge is 0.326 e. The Morgan fingerprint density at radius 2 is 2.00 bits per heavy atom. The molecule has 1 aromatic rings. The second-order valence-corrected chi connectivity index (χ2v) is 6.07. The largest absolute Gasteiger partial charge is 0.503 e. The number of hydrogen-bond acceptors (Lipinski definition) is 4. The zero-order valence-electron chi connectivity index (χ0n) is 13.2. The normalized spacial score (nSPS) is 18.3. The van der Waals surface area contributed by atoms with Gasteiger partial charge in [0.1, 0.15) is 6.04 Å². The molecule has 2 heterocycles. The Balaban J connectivity index is 2.44. The van der Waals surface area contributed by atoms with Crippen molar-refractivity contribution in [2.45, 2.75) is 45.7 Å². The molecule has 0 aliphatic carbocycles. The summed E-state index contributed by atoms with van der Waals surface area (Å²) in [4.78, 5) is 25.7. The van der Waals surface area contributed by atoms with Gasteiger partial charge in [0.25, 0.3) is 0 Å². The van der Waals surface area contributed by atoms with Crippen molar-refractivity contribution in [1.82, 2.24) is 9.47 Å². The fourth-order valence-corrected chi connectivity index (χ4v) is 2.99. The Kier molecular flexibility index (Phi) is 5.24. The first kappa shape index (κ1) is 16.5. The number of likely N-dealkylation sites (tertiary alicyclic amines) is 1. The molecule has 1 aliphatic heterocycles. The van der Waals surface area contributed by atoms with Crippen LogP contribution in [0.3, 0.4) is 0 Å². The predicted octanol–water partition coefficient (Wildman–Crippen LogP) is 1.82.